The van der Waals surface area contributed by atoms with E-state index in [2.05, 4.69) is 16.0 Å². The summed E-state index contributed by atoms with van der Waals surface area (Å²) in [6.45, 7) is 2.55. The third-order valence-corrected chi connectivity index (χ3v) is 3.08. The Morgan fingerprint density at radius 2 is 2.50 bits per heavy atom. The summed E-state index contributed by atoms with van der Waals surface area (Å²) in [5, 5.41) is 0. The Kier molecular flexibility index (Phi) is 3.74. The molecule has 1 saturated heterocycles. The molecule has 0 spiro atoms. The van der Waals surface area contributed by atoms with Gasteiger partial charge in [0.15, 0.2) is 0 Å². The Bertz CT molecular complexity index is 343. The molecule has 4 nitrogen and oxygen atoms in total. The maximum absolute atomic E-state index is 5.63. The van der Waals surface area contributed by atoms with Gasteiger partial charge in [0.25, 0.3) is 0 Å². The summed E-state index contributed by atoms with van der Waals surface area (Å²) in [7, 11) is 1.78. The van der Waals surface area contributed by atoms with Crippen molar-refractivity contribution in [3.63, 3.8) is 0 Å². The molecule has 1 aromatic rings. The van der Waals surface area contributed by atoms with Gasteiger partial charge < -0.3 is 15.4 Å². The Balaban J connectivity index is 2.10. The fourth-order valence-corrected chi connectivity index (χ4v) is 2.10. The van der Waals surface area contributed by atoms with E-state index >= 15 is 0 Å². The fourth-order valence-electron chi connectivity index (χ4n) is 2.10. The minimum absolute atomic E-state index is 0.331. The largest absolute Gasteiger partial charge is 0.380 e. The van der Waals surface area contributed by atoms with E-state index in [4.69, 9.17) is 10.5 Å². The molecule has 1 fully saturated rings. The van der Waals surface area contributed by atoms with Crippen LogP contribution in [0.5, 0.6) is 0 Å². The molecule has 1 aliphatic heterocycles. The molecule has 4 heteroatoms. The average molecular weight is 221 g/mol. The summed E-state index contributed by atoms with van der Waals surface area (Å²) >= 11 is 0. The number of anilines is 1. The van der Waals surface area contributed by atoms with Crippen molar-refractivity contribution >= 4 is 5.82 Å². The highest BCUT2D eigenvalue weighted by atomic mass is 16.5. The minimum Gasteiger partial charge on any atom is -0.380 e. The second-order valence-electron chi connectivity index (χ2n) is 4.17. The molecule has 1 atom stereocenters. The van der Waals surface area contributed by atoms with E-state index in [0.717, 1.165) is 37.3 Å². The maximum atomic E-state index is 5.63. The highest BCUT2D eigenvalue weighted by molar-refractivity contribution is 5.41. The minimum atomic E-state index is 0.331. The standard InChI is InChI=1S/C12H19N3O/c1-16-11-3-2-6-15(9-11)12-7-10(8-13)4-5-14-12/h4-5,7,11H,2-3,6,8-9,13H2,1H3. The molecule has 2 N–H and O–H groups in total. The molecular weight excluding hydrogens is 202 g/mol. The molecular formula is C12H19N3O. The number of hydrogen-bond acceptors (Lipinski definition) is 4. The van der Waals surface area contributed by atoms with Crippen molar-refractivity contribution in [2.24, 2.45) is 5.73 Å². The van der Waals surface area contributed by atoms with Crippen LogP contribution >= 0.6 is 0 Å². The van der Waals surface area contributed by atoms with Crippen LogP contribution in [0.15, 0.2) is 18.3 Å². The molecule has 88 valence electrons. The SMILES string of the molecule is COC1CCCN(c2cc(CN)ccn2)C1. The summed E-state index contributed by atoms with van der Waals surface area (Å²) in [6, 6.07) is 4.03. The number of piperidine rings is 1. The number of hydrogen-bond donors (Lipinski definition) is 1. The molecule has 2 rings (SSSR count). The maximum Gasteiger partial charge on any atom is 0.128 e. The van der Waals surface area contributed by atoms with Crippen molar-refractivity contribution < 1.29 is 4.74 Å². The van der Waals surface area contributed by atoms with Gasteiger partial charge in [-0.05, 0) is 30.5 Å². The highest BCUT2D eigenvalue weighted by Crippen LogP contribution is 2.19. The number of nitrogens with two attached hydrogens (primary N) is 1. The van der Waals surface area contributed by atoms with E-state index in [1.54, 1.807) is 7.11 Å². The number of pyridine rings is 1. The van der Waals surface area contributed by atoms with Gasteiger partial charge >= 0.3 is 0 Å². The predicted molar refractivity (Wildman–Crippen MR) is 64.4 cm³/mol. The van der Waals surface area contributed by atoms with Gasteiger partial charge in [0.05, 0.1) is 6.10 Å². The predicted octanol–water partition coefficient (Wildman–Crippen LogP) is 1.16. The van der Waals surface area contributed by atoms with Gasteiger partial charge in [-0.3, -0.25) is 0 Å². The molecule has 0 saturated carbocycles. The fraction of sp³-hybridized carbons (Fsp3) is 0.583. The Morgan fingerprint density at radius 1 is 1.62 bits per heavy atom. The second kappa shape index (κ2) is 5.27. The van der Waals surface area contributed by atoms with Crippen molar-refractivity contribution in [1.82, 2.24) is 4.98 Å². The molecule has 0 amide bonds. The van der Waals surface area contributed by atoms with Crippen LogP contribution in [0.4, 0.5) is 5.82 Å². The van der Waals surface area contributed by atoms with Crippen LogP contribution in [0.2, 0.25) is 0 Å². The highest BCUT2D eigenvalue weighted by Gasteiger charge is 2.20. The number of nitrogens with zero attached hydrogens (tertiary/aromatic N) is 2. The Hall–Kier alpha value is -1.13. The van der Waals surface area contributed by atoms with Gasteiger partial charge in [0.2, 0.25) is 0 Å². The van der Waals surface area contributed by atoms with Crippen molar-refractivity contribution in [2.45, 2.75) is 25.5 Å². The summed E-state index contributed by atoms with van der Waals surface area (Å²) in [6.07, 6.45) is 4.46. The first-order chi connectivity index (χ1) is 7.83. The molecule has 0 bridgehead atoms. The zero-order valence-electron chi connectivity index (χ0n) is 9.72. The zero-order valence-corrected chi connectivity index (χ0v) is 9.72. The molecule has 0 aliphatic carbocycles. The van der Waals surface area contributed by atoms with Crippen LogP contribution < -0.4 is 10.6 Å². The summed E-state index contributed by atoms with van der Waals surface area (Å²) in [5.74, 6) is 1.02. The van der Waals surface area contributed by atoms with Crippen LogP contribution in [-0.2, 0) is 11.3 Å². The zero-order chi connectivity index (χ0) is 11.4. The quantitative estimate of drug-likeness (QED) is 0.832. The van der Waals surface area contributed by atoms with E-state index in [-0.39, 0.29) is 0 Å². The topological polar surface area (TPSA) is 51.4 Å². The van der Waals surface area contributed by atoms with E-state index in [1.165, 1.54) is 0 Å². The van der Waals surface area contributed by atoms with E-state index in [0.29, 0.717) is 12.6 Å². The molecule has 1 aliphatic rings. The van der Waals surface area contributed by atoms with Crippen LogP contribution in [0, 0.1) is 0 Å². The molecule has 2 heterocycles. The number of ether oxygens (including phenoxy) is 1. The lowest BCUT2D eigenvalue weighted by Crippen LogP contribution is -2.39. The summed E-state index contributed by atoms with van der Waals surface area (Å²) in [5.41, 5.74) is 6.76. The summed E-state index contributed by atoms with van der Waals surface area (Å²) < 4.78 is 5.41. The van der Waals surface area contributed by atoms with Crippen LogP contribution in [0.1, 0.15) is 18.4 Å². The monoisotopic (exact) mass is 221 g/mol. The van der Waals surface area contributed by atoms with Crippen molar-refractivity contribution in [1.29, 1.82) is 0 Å². The first-order valence-corrected chi connectivity index (χ1v) is 5.76. The third-order valence-electron chi connectivity index (χ3n) is 3.08. The molecule has 1 unspecified atom stereocenters. The first kappa shape index (κ1) is 11.4. The Labute approximate surface area is 96.4 Å². The number of aromatic nitrogens is 1. The first-order valence-electron chi connectivity index (χ1n) is 5.76. The van der Waals surface area contributed by atoms with Crippen molar-refractivity contribution in [2.75, 3.05) is 25.1 Å². The Morgan fingerprint density at radius 3 is 3.25 bits per heavy atom. The van der Waals surface area contributed by atoms with Gasteiger partial charge in [-0.2, -0.15) is 0 Å². The second-order valence-corrected chi connectivity index (χ2v) is 4.17. The third kappa shape index (κ3) is 2.51. The lowest BCUT2D eigenvalue weighted by molar-refractivity contribution is 0.0891. The van der Waals surface area contributed by atoms with Gasteiger partial charge in [0, 0.05) is 32.9 Å². The van der Waals surface area contributed by atoms with Gasteiger partial charge in [-0.1, -0.05) is 0 Å². The average Bonchev–Trinajstić information content (AvgIpc) is 2.39. The lowest BCUT2D eigenvalue weighted by atomic mass is 10.1. The van der Waals surface area contributed by atoms with E-state index in [1.807, 2.05) is 12.3 Å². The molecule has 0 radical (unpaired) electrons. The molecule has 1 aromatic heterocycles. The smallest absolute Gasteiger partial charge is 0.128 e. The molecule has 16 heavy (non-hydrogen) atoms. The van der Waals surface area contributed by atoms with Gasteiger partial charge in [-0.25, -0.2) is 4.98 Å². The van der Waals surface area contributed by atoms with Crippen LogP contribution in [0.3, 0.4) is 0 Å². The summed E-state index contributed by atoms with van der Waals surface area (Å²) in [4.78, 5) is 6.67. The van der Waals surface area contributed by atoms with Crippen LogP contribution in [0.25, 0.3) is 0 Å². The van der Waals surface area contributed by atoms with Crippen molar-refractivity contribution in [3.8, 4) is 0 Å². The number of rotatable bonds is 3. The van der Waals surface area contributed by atoms with E-state index < -0.39 is 0 Å². The lowest BCUT2D eigenvalue weighted by Gasteiger charge is -2.32. The number of methoxy groups -OCH3 is 1. The molecule has 0 aromatic carbocycles. The normalized spacial score (nSPS) is 21.1. The van der Waals surface area contributed by atoms with Gasteiger partial charge in [-0.15, -0.1) is 0 Å². The van der Waals surface area contributed by atoms with Gasteiger partial charge in [0.1, 0.15) is 5.82 Å². The van der Waals surface area contributed by atoms with Crippen LogP contribution in [-0.4, -0.2) is 31.3 Å². The van der Waals surface area contributed by atoms with E-state index in [9.17, 15) is 0 Å². The van der Waals surface area contributed by atoms with Crippen molar-refractivity contribution in [3.05, 3.63) is 23.9 Å².